The molecule has 0 aromatic heterocycles. The summed E-state index contributed by atoms with van der Waals surface area (Å²) in [6, 6.07) is 5.07. The summed E-state index contributed by atoms with van der Waals surface area (Å²) in [4.78, 5) is 13.5. The summed E-state index contributed by atoms with van der Waals surface area (Å²) in [5.41, 5.74) is 0.967. The Morgan fingerprint density at radius 2 is 2.20 bits per heavy atom. The maximum absolute atomic E-state index is 11.7. The van der Waals surface area contributed by atoms with E-state index < -0.39 is 0 Å². The van der Waals surface area contributed by atoms with Crippen molar-refractivity contribution in [1.29, 1.82) is 0 Å². The molecule has 1 amide bonds. The van der Waals surface area contributed by atoms with Gasteiger partial charge in [-0.15, -0.1) is 9.24 Å². The number of hydrogen-bond acceptors (Lipinski definition) is 2. The molecule has 1 aromatic carbocycles. The molecule has 1 N–H and O–H groups in total. The van der Waals surface area contributed by atoms with Crippen molar-refractivity contribution in [2.45, 2.75) is 12.8 Å². The van der Waals surface area contributed by atoms with Crippen molar-refractivity contribution in [1.82, 2.24) is 4.90 Å². The van der Waals surface area contributed by atoms with E-state index in [1.165, 1.54) is 0 Å². The largest absolute Gasteiger partial charge is 0.508 e. The highest BCUT2D eigenvalue weighted by molar-refractivity contribution is 7.27. The van der Waals surface area contributed by atoms with Crippen LogP contribution in [-0.4, -0.2) is 29.0 Å². The second-order valence-corrected chi connectivity index (χ2v) is 4.42. The Labute approximate surface area is 91.3 Å². The Kier molecular flexibility index (Phi) is 2.92. The SMILES string of the molecule is O=C(Cc1ccc(O)cc1P)N1CCC1. The molecule has 15 heavy (non-hydrogen) atoms. The first-order valence-electron chi connectivity index (χ1n) is 5.02. The smallest absolute Gasteiger partial charge is 0.227 e. The Hall–Kier alpha value is -1.08. The number of carbonyl (C=O) groups excluding carboxylic acids is 1. The maximum Gasteiger partial charge on any atom is 0.227 e. The van der Waals surface area contributed by atoms with Crippen LogP contribution in [0, 0.1) is 0 Å². The molecule has 0 saturated carbocycles. The van der Waals surface area contributed by atoms with Crippen LogP contribution >= 0.6 is 9.24 Å². The summed E-state index contributed by atoms with van der Waals surface area (Å²) in [5.74, 6) is 0.413. The van der Waals surface area contributed by atoms with E-state index in [1.54, 1.807) is 18.2 Å². The van der Waals surface area contributed by atoms with Crippen molar-refractivity contribution >= 4 is 20.5 Å². The summed E-state index contributed by atoms with van der Waals surface area (Å²) in [7, 11) is 2.55. The predicted octanol–water partition coefficient (Wildman–Crippen LogP) is 0.667. The lowest BCUT2D eigenvalue weighted by Gasteiger charge is -2.31. The molecule has 0 bridgehead atoms. The maximum atomic E-state index is 11.7. The zero-order valence-corrected chi connectivity index (χ0v) is 9.60. The molecular weight excluding hydrogens is 209 g/mol. The lowest BCUT2D eigenvalue weighted by Crippen LogP contribution is -2.43. The van der Waals surface area contributed by atoms with Crippen LogP contribution in [0.25, 0.3) is 0 Å². The molecule has 0 aliphatic carbocycles. The van der Waals surface area contributed by atoms with Crippen LogP contribution in [0.2, 0.25) is 0 Å². The molecule has 1 fully saturated rings. The first kappa shape index (κ1) is 10.4. The number of amides is 1. The highest BCUT2D eigenvalue weighted by Crippen LogP contribution is 2.14. The van der Waals surface area contributed by atoms with Crippen LogP contribution in [0.4, 0.5) is 0 Å². The van der Waals surface area contributed by atoms with Gasteiger partial charge in [0.15, 0.2) is 0 Å². The molecular formula is C11H14NO2P. The summed E-state index contributed by atoms with van der Waals surface area (Å²) in [5, 5.41) is 10.1. The van der Waals surface area contributed by atoms with Gasteiger partial charge in [-0.05, 0) is 29.4 Å². The molecule has 1 atom stereocenters. The number of carbonyl (C=O) groups is 1. The first-order chi connectivity index (χ1) is 7.16. The lowest BCUT2D eigenvalue weighted by molar-refractivity contribution is -0.133. The van der Waals surface area contributed by atoms with Gasteiger partial charge in [-0.1, -0.05) is 6.07 Å². The van der Waals surface area contributed by atoms with E-state index in [0.29, 0.717) is 6.42 Å². The fraction of sp³-hybridized carbons (Fsp3) is 0.364. The third kappa shape index (κ3) is 2.29. The van der Waals surface area contributed by atoms with E-state index >= 15 is 0 Å². The van der Waals surface area contributed by atoms with Crippen LogP contribution in [0.3, 0.4) is 0 Å². The molecule has 1 aliphatic rings. The number of benzene rings is 1. The summed E-state index contributed by atoms with van der Waals surface area (Å²) >= 11 is 0. The quantitative estimate of drug-likeness (QED) is 0.748. The van der Waals surface area contributed by atoms with Crippen molar-refractivity contribution in [2.75, 3.05) is 13.1 Å². The molecule has 4 heteroatoms. The third-order valence-electron chi connectivity index (χ3n) is 2.68. The Bertz CT molecular complexity index is 388. The molecule has 2 rings (SSSR count). The van der Waals surface area contributed by atoms with Gasteiger partial charge in [0.1, 0.15) is 5.75 Å². The second kappa shape index (κ2) is 4.19. The van der Waals surface area contributed by atoms with Crippen molar-refractivity contribution in [3.63, 3.8) is 0 Å². The highest BCUT2D eigenvalue weighted by atomic mass is 31.0. The van der Waals surface area contributed by atoms with Gasteiger partial charge in [0.05, 0.1) is 6.42 Å². The zero-order chi connectivity index (χ0) is 10.8. The van der Waals surface area contributed by atoms with Gasteiger partial charge in [0.2, 0.25) is 5.91 Å². The minimum absolute atomic E-state index is 0.177. The Balaban J connectivity index is 2.06. The van der Waals surface area contributed by atoms with Crippen LogP contribution in [-0.2, 0) is 11.2 Å². The molecule has 80 valence electrons. The minimum atomic E-state index is 0.177. The van der Waals surface area contributed by atoms with Gasteiger partial charge in [-0.3, -0.25) is 4.79 Å². The van der Waals surface area contributed by atoms with Gasteiger partial charge in [0, 0.05) is 13.1 Å². The Morgan fingerprint density at radius 3 is 2.73 bits per heavy atom. The fourth-order valence-corrected chi connectivity index (χ4v) is 1.95. The van der Waals surface area contributed by atoms with Crippen molar-refractivity contribution < 1.29 is 9.90 Å². The van der Waals surface area contributed by atoms with Gasteiger partial charge < -0.3 is 10.0 Å². The third-order valence-corrected chi connectivity index (χ3v) is 3.22. The second-order valence-electron chi connectivity index (χ2n) is 3.79. The van der Waals surface area contributed by atoms with E-state index in [4.69, 9.17) is 0 Å². The van der Waals surface area contributed by atoms with Crippen LogP contribution in [0.15, 0.2) is 18.2 Å². The van der Waals surface area contributed by atoms with Crippen LogP contribution in [0.5, 0.6) is 5.75 Å². The van der Waals surface area contributed by atoms with E-state index in [9.17, 15) is 9.90 Å². The summed E-state index contributed by atoms with van der Waals surface area (Å²) in [6.45, 7) is 1.78. The number of rotatable bonds is 2. The van der Waals surface area contributed by atoms with E-state index in [0.717, 1.165) is 30.4 Å². The minimum Gasteiger partial charge on any atom is -0.508 e. The Morgan fingerprint density at radius 1 is 1.47 bits per heavy atom. The number of nitrogens with zero attached hydrogens (tertiary/aromatic N) is 1. The number of phenolic OH excluding ortho intramolecular Hbond substituents is 1. The van der Waals surface area contributed by atoms with E-state index in [1.807, 2.05) is 4.90 Å². The molecule has 1 heterocycles. The number of phenols is 1. The molecule has 1 aliphatic heterocycles. The van der Waals surface area contributed by atoms with Crippen molar-refractivity contribution in [3.05, 3.63) is 23.8 Å². The lowest BCUT2D eigenvalue weighted by atomic mass is 10.1. The number of aromatic hydroxyl groups is 1. The van der Waals surface area contributed by atoms with E-state index in [-0.39, 0.29) is 11.7 Å². The van der Waals surface area contributed by atoms with Crippen molar-refractivity contribution in [3.8, 4) is 5.75 Å². The van der Waals surface area contributed by atoms with Gasteiger partial charge >= 0.3 is 0 Å². The van der Waals surface area contributed by atoms with E-state index in [2.05, 4.69) is 9.24 Å². The normalized spacial score (nSPS) is 14.9. The zero-order valence-electron chi connectivity index (χ0n) is 8.44. The average Bonchev–Trinajstić information content (AvgIpc) is 2.07. The first-order valence-corrected chi connectivity index (χ1v) is 5.59. The topological polar surface area (TPSA) is 40.5 Å². The number of likely N-dealkylation sites (tertiary alicyclic amines) is 1. The summed E-state index contributed by atoms with van der Waals surface area (Å²) in [6.07, 6.45) is 1.55. The van der Waals surface area contributed by atoms with Gasteiger partial charge in [-0.2, -0.15) is 0 Å². The molecule has 0 radical (unpaired) electrons. The van der Waals surface area contributed by atoms with Gasteiger partial charge in [-0.25, -0.2) is 0 Å². The number of hydrogen-bond donors (Lipinski definition) is 1. The average molecular weight is 223 g/mol. The molecule has 1 aromatic rings. The standard InChI is InChI=1S/C11H14NO2P/c13-9-3-2-8(10(15)7-9)6-11(14)12-4-1-5-12/h2-3,7,13H,1,4-6,15H2. The van der Waals surface area contributed by atoms with Gasteiger partial charge in [0.25, 0.3) is 0 Å². The molecule has 1 saturated heterocycles. The highest BCUT2D eigenvalue weighted by Gasteiger charge is 2.20. The summed E-state index contributed by atoms with van der Waals surface area (Å²) < 4.78 is 0. The van der Waals surface area contributed by atoms with Crippen LogP contribution < -0.4 is 5.30 Å². The molecule has 3 nitrogen and oxygen atoms in total. The molecule has 1 unspecified atom stereocenters. The molecule has 0 spiro atoms. The van der Waals surface area contributed by atoms with Crippen LogP contribution in [0.1, 0.15) is 12.0 Å². The predicted molar refractivity (Wildman–Crippen MR) is 62.4 cm³/mol. The fourth-order valence-electron chi connectivity index (χ4n) is 1.58. The monoisotopic (exact) mass is 223 g/mol. The van der Waals surface area contributed by atoms with Crippen molar-refractivity contribution in [2.24, 2.45) is 0 Å².